The van der Waals surface area contributed by atoms with Gasteiger partial charge in [0.1, 0.15) is 0 Å². The predicted octanol–water partition coefficient (Wildman–Crippen LogP) is 5.66. The lowest BCUT2D eigenvalue weighted by Crippen LogP contribution is -2.55. The molecule has 0 atom stereocenters. The van der Waals surface area contributed by atoms with E-state index in [0.29, 0.717) is 6.17 Å². The molecule has 0 unspecified atom stereocenters. The summed E-state index contributed by atoms with van der Waals surface area (Å²) >= 11 is 0. The Balaban J connectivity index is 1.66. The summed E-state index contributed by atoms with van der Waals surface area (Å²) in [6, 6.07) is 0. The van der Waals surface area contributed by atoms with Crippen molar-refractivity contribution in [2.24, 2.45) is 0 Å². The number of unbranched alkanes of at least 4 members (excludes halogenated alkanes) is 15. The van der Waals surface area contributed by atoms with Crippen LogP contribution >= 0.6 is 0 Å². The summed E-state index contributed by atoms with van der Waals surface area (Å²) in [7, 11) is 0. The van der Waals surface area contributed by atoms with E-state index < -0.39 is 0 Å². The molecule has 0 saturated carbocycles. The summed E-state index contributed by atoms with van der Waals surface area (Å²) in [6.07, 6.45) is 25.0. The van der Waals surface area contributed by atoms with Crippen LogP contribution in [-0.2, 0) is 0 Å². The Hall–Kier alpha value is -0.120. The highest BCUT2D eigenvalue weighted by Crippen LogP contribution is 2.14. The van der Waals surface area contributed by atoms with Crippen LogP contribution in [0.25, 0.3) is 0 Å². The molecule has 1 heterocycles. The lowest BCUT2D eigenvalue weighted by atomic mass is 10.0. The summed E-state index contributed by atoms with van der Waals surface area (Å²) in [5.74, 6) is 0. The van der Waals surface area contributed by atoms with Crippen molar-refractivity contribution >= 4 is 0 Å². The zero-order valence-corrected chi connectivity index (χ0v) is 16.5. The minimum absolute atomic E-state index is 0.540. The van der Waals surface area contributed by atoms with Crippen LogP contribution in [0.3, 0.4) is 0 Å². The molecular formula is C21H45N3. The maximum absolute atomic E-state index is 3.45. The Bertz CT molecular complexity index is 239. The van der Waals surface area contributed by atoms with Gasteiger partial charge in [-0.1, -0.05) is 110 Å². The number of rotatable bonds is 17. The van der Waals surface area contributed by atoms with Crippen LogP contribution in [0.5, 0.6) is 0 Å². The molecule has 1 aliphatic rings. The van der Waals surface area contributed by atoms with Crippen LogP contribution in [0.15, 0.2) is 0 Å². The van der Waals surface area contributed by atoms with Crippen molar-refractivity contribution < 1.29 is 0 Å². The van der Waals surface area contributed by atoms with Gasteiger partial charge in [0.2, 0.25) is 0 Å². The minimum atomic E-state index is 0.540. The summed E-state index contributed by atoms with van der Waals surface area (Å²) in [6.45, 7) is 4.21. The topological polar surface area (TPSA) is 36.1 Å². The molecule has 0 aromatic heterocycles. The van der Waals surface area contributed by atoms with E-state index in [2.05, 4.69) is 22.9 Å². The van der Waals surface area contributed by atoms with Crippen LogP contribution in [0.1, 0.15) is 116 Å². The number of hydrogen-bond donors (Lipinski definition) is 3. The summed E-state index contributed by atoms with van der Waals surface area (Å²) < 4.78 is 0. The van der Waals surface area contributed by atoms with E-state index in [1.54, 1.807) is 0 Å². The van der Waals surface area contributed by atoms with Gasteiger partial charge in [0.15, 0.2) is 0 Å². The second kappa shape index (κ2) is 17.7. The molecule has 1 saturated heterocycles. The van der Waals surface area contributed by atoms with Gasteiger partial charge in [-0.25, -0.2) is 0 Å². The fourth-order valence-corrected chi connectivity index (χ4v) is 3.63. The molecule has 1 aliphatic heterocycles. The van der Waals surface area contributed by atoms with Crippen molar-refractivity contribution in [3.8, 4) is 0 Å². The summed E-state index contributed by atoms with van der Waals surface area (Å²) in [5.41, 5.74) is 0. The van der Waals surface area contributed by atoms with Crippen LogP contribution in [0.4, 0.5) is 0 Å². The van der Waals surface area contributed by atoms with Gasteiger partial charge in [0.25, 0.3) is 0 Å². The van der Waals surface area contributed by atoms with Crippen molar-refractivity contribution in [1.29, 1.82) is 0 Å². The van der Waals surface area contributed by atoms with E-state index >= 15 is 0 Å². The molecule has 0 radical (unpaired) electrons. The van der Waals surface area contributed by atoms with Crippen LogP contribution in [0.2, 0.25) is 0 Å². The first-order chi connectivity index (χ1) is 11.9. The monoisotopic (exact) mass is 339 g/mol. The maximum atomic E-state index is 3.45. The molecule has 144 valence electrons. The van der Waals surface area contributed by atoms with Gasteiger partial charge in [-0.2, -0.15) is 0 Å². The average Bonchev–Trinajstić information content (AvgIpc) is 2.62. The first kappa shape index (κ1) is 21.9. The normalized spacial score (nSPS) is 15.9. The lowest BCUT2D eigenvalue weighted by molar-refractivity contribution is 0.313. The van der Waals surface area contributed by atoms with E-state index in [-0.39, 0.29) is 0 Å². The van der Waals surface area contributed by atoms with E-state index in [1.807, 2.05) is 0 Å². The van der Waals surface area contributed by atoms with Crippen molar-refractivity contribution in [1.82, 2.24) is 16.0 Å². The highest BCUT2D eigenvalue weighted by molar-refractivity contribution is 4.67. The molecule has 0 amide bonds. The Labute approximate surface area is 152 Å². The molecule has 3 N–H and O–H groups in total. The third-order valence-corrected chi connectivity index (χ3v) is 5.29. The molecular weight excluding hydrogens is 294 g/mol. The summed E-state index contributed by atoms with van der Waals surface area (Å²) in [5, 5.41) is 10.1. The molecule has 3 nitrogen and oxygen atoms in total. The van der Waals surface area contributed by atoms with Gasteiger partial charge in [0, 0.05) is 13.3 Å². The van der Waals surface area contributed by atoms with E-state index in [4.69, 9.17) is 0 Å². The average molecular weight is 340 g/mol. The molecule has 1 rings (SSSR count). The SMILES string of the molecule is CCCCCCCCCCCCCCCCCCC1NCNCN1. The van der Waals surface area contributed by atoms with Gasteiger partial charge in [-0.15, -0.1) is 0 Å². The van der Waals surface area contributed by atoms with E-state index in [1.165, 1.54) is 109 Å². The third-order valence-electron chi connectivity index (χ3n) is 5.29. The highest BCUT2D eigenvalue weighted by atomic mass is 15.3. The van der Waals surface area contributed by atoms with Crippen LogP contribution < -0.4 is 16.0 Å². The van der Waals surface area contributed by atoms with E-state index in [0.717, 1.165) is 13.3 Å². The molecule has 0 spiro atoms. The second-order valence-corrected chi connectivity index (χ2v) is 7.66. The number of nitrogens with one attached hydrogen (secondary N) is 3. The second-order valence-electron chi connectivity index (χ2n) is 7.66. The van der Waals surface area contributed by atoms with Gasteiger partial charge >= 0.3 is 0 Å². The number of hydrogen-bond acceptors (Lipinski definition) is 3. The largest absolute Gasteiger partial charge is 0.292 e. The molecule has 0 aromatic rings. The molecule has 0 aliphatic carbocycles. The Kier molecular flexibility index (Phi) is 16.2. The van der Waals surface area contributed by atoms with Gasteiger partial charge in [-0.3, -0.25) is 16.0 Å². The Morgan fingerprint density at radius 1 is 0.542 bits per heavy atom. The van der Waals surface area contributed by atoms with Crippen molar-refractivity contribution in [2.75, 3.05) is 13.3 Å². The molecule has 0 aromatic carbocycles. The lowest BCUT2D eigenvalue weighted by Gasteiger charge is -2.25. The smallest absolute Gasteiger partial charge is 0.0591 e. The zero-order valence-electron chi connectivity index (χ0n) is 16.5. The molecule has 0 bridgehead atoms. The van der Waals surface area contributed by atoms with Crippen molar-refractivity contribution in [2.45, 2.75) is 122 Å². The minimum Gasteiger partial charge on any atom is -0.292 e. The fraction of sp³-hybridized carbons (Fsp3) is 1.00. The molecule has 24 heavy (non-hydrogen) atoms. The Morgan fingerprint density at radius 2 is 0.917 bits per heavy atom. The Morgan fingerprint density at radius 3 is 1.33 bits per heavy atom. The first-order valence-electron chi connectivity index (χ1n) is 11.1. The van der Waals surface area contributed by atoms with Gasteiger partial charge in [0.05, 0.1) is 6.17 Å². The van der Waals surface area contributed by atoms with Gasteiger partial charge < -0.3 is 0 Å². The first-order valence-corrected chi connectivity index (χ1v) is 11.1. The third kappa shape index (κ3) is 14.2. The van der Waals surface area contributed by atoms with Crippen molar-refractivity contribution in [3.63, 3.8) is 0 Å². The standard InChI is InChI=1S/C21H45N3/c1-2-3-4-5-6-7-8-9-10-11-12-13-14-15-16-17-18-21-23-19-22-20-24-21/h21-24H,2-20H2,1H3. The fourth-order valence-electron chi connectivity index (χ4n) is 3.63. The quantitative estimate of drug-likeness (QED) is 0.299. The molecule has 1 fully saturated rings. The van der Waals surface area contributed by atoms with Crippen LogP contribution in [0, 0.1) is 0 Å². The zero-order chi connectivity index (χ0) is 17.1. The summed E-state index contributed by atoms with van der Waals surface area (Å²) in [4.78, 5) is 0. The maximum Gasteiger partial charge on any atom is 0.0591 e. The highest BCUT2D eigenvalue weighted by Gasteiger charge is 2.09. The van der Waals surface area contributed by atoms with Crippen molar-refractivity contribution in [3.05, 3.63) is 0 Å². The van der Waals surface area contributed by atoms with Gasteiger partial charge in [-0.05, 0) is 6.42 Å². The van der Waals surface area contributed by atoms with E-state index in [9.17, 15) is 0 Å². The van der Waals surface area contributed by atoms with Crippen LogP contribution in [-0.4, -0.2) is 19.5 Å². The predicted molar refractivity (Wildman–Crippen MR) is 107 cm³/mol. The molecule has 3 heteroatoms.